The number of aryl methyl sites for hydroxylation is 1. The number of nitrogens with zero attached hydrogens (tertiary/aromatic N) is 3. The van der Waals surface area contributed by atoms with Crippen LogP contribution in [0.15, 0.2) is 12.1 Å². The van der Waals surface area contributed by atoms with Crippen molar-refractivity contribution >= 4 is 11.9 Å². The van der Waals surface area contributed by atoms with Crippen LogP contribution in [0.5, 0.6) is 0 Å². The number of amides is 1. The van der Waals surface area contributed by atoms with Crippen molar-refractivity contribution in [2.75, 3.05) is 5.32 Å². The third kappa shape index (κ3) is 2.28. The van der Waals surface area contributed by atoms with Crippen LogP contribution in [0, 0.1) is 24.4 Å². The Balaban J connectivity index is 2.36. The lowest BCUT2D eigenvalue weighted by molar-refractivity contribution is 0.101. The molecule has 0 aliphatic rings. The zero-order valence-corrected chi connectivity index (χ0v) is 10.0. The van der Waals surface area contributed by atoms with E-state index in [1.807, 2.05) is 0 Å². The maximum atomic E-state index is 13.4. The van der Waals surface area contributed by atoms with Crippen LogP contribution in [0.2, 0.25) is 0 Å². The van der Waals surface area contributed by atoms with Gasteiger partial charge < -0.3 is 4.57 Å². The minimum Gasteiger partial charge on any atom is -0.300 e. The van der Waals surface area contributed by atoms with E-state index in [-0.39, 0.29) is 5.95 Å². The predicted octanol–water partition coefficient (Wildman–Crippen LogP) is 1.79. The van der Waals surface area contributed by atoms with Crippen LogP contribution in [0.1, 0.15) is 16.2 Å². The molecule has 100 valence electrons. The second-order valence-electron chi connectivity index (χ2n) is 3.80. The summed E-state index contributed by atoms with van der Waals surface area (Å²) in [5.74, 6) is -4.64. The molecular weight excluding hydrogens is 261 g/mol. The van der Waals surface area contributed by atoms with Crippen molar-refractivity contribution < 1.29 is 18.0 Å². The monoisotopic (exact) mass is 270 g/mol. The van der Waals surface area contributed by atoms with E-state index in [4.69, 9.17) is 0 Å². The Hall–Kier alpha value is -2.38. The average Bonchev–Trinajstić information content (AvgIpc) is 2.66. The van der Waals surface area contributed by atoms with Gasteiger partial charge in [0.15, 0.2) is 11.6 Å². The second-order valence-corrected chi connectivity index (χ2v) is 3.80. The van der Waals surface area contributed by atoms with Crippen LogP contribution < -0.4 is 5.32 Å². The molecule has 19 heavy (non-hydrogen) atoms. The summed E-state index contributed by atoms with van der Waals surface area (Å²) in [6.07, 6.45) is 0. The van der Waals surface area contributed by atoms with Gasteiger partial charge in [-0.15, -0.1) is 10.2 Å². The maximum Gasteiger partial charge on any atom is 0.264 e. The molecule has 1 heterocycles. The summed E-state index contributed by atoms with van der Waals surface area (Å²) in [7, 11) is 1.56. The van der Waals surface area contributed by atoms with E-state index in [1.165, 1.54) is 4.57 Å². The number of carbonyl (C=O) groups excluding carboxylic acids is 1. The third-order valence-electron chi connectivity index (χ3n) is 2.59. The van der Waals surface area contributed by atoms with Crippen LogP contribution in [0.25, 0.3) is 0 Å². The molecule has 2 aromatic rings. The average molecular weight is 270 g/mol. The van der Waals surface area contributed by atoms with Gasteiger partial charge in [0, 0.05) is 7.05 Å². The Bertz CT molecular complexity index is 654. The number of aromatic nitrogens is 3. The SMILES string of the molecule is Cc1nnc(NC(=O)c2c(F)ccc(F)c2F)n1C. The fraction of sp³-hybridized carbons (Fsp3) is 0.182. The largest absolute Gasteiger partial charge is 0.300 e. The van der Waals surface area contributed by atoms with Gasteiger partial charge in [-0.1, -0.05) is 0 Å². The Labute approximate surface area is 106 Å². The number of nitrogens with one attached hydrogen (secondary N) is 1. The van der Waals surface area contributed by atoms with E-state index in [9.17, 15) is 18.0 Å². The molecule has 1 aromatic carbocycles. The smallest absolute Gasteiger partial charge is 0.264 e. The van der Waals surface area contributed by atoms with Crippen LogP contribution in [-0.4, -0.2) is 20.7 Å². The van der Waals surface area contributed by atoms with Gasteiger partial charge in [0.25, 0.3) is 5.91 Å². The lowest BCUT2D eigenvalue weighted by Crippen LogP contribution is -2.19. The highest BCUT2D eigenvalue weighted by Gasteiger charge is 2.22. The highest BCUT2D eigenvalue weighted by atomic mass is 19.2. The third-order valence-corrected chi connectivity index (χ3v) is 2.59. The predicted molar refractivity (Wildman–Crippen MR) is 60.0 cm³/mol. The molecule has 0 saturated heterocycles. The second kappa shape index (κ2) is 4.71. The molecule has 8 heteroatoms. The standard InChI is InChI=1S/C11H9F3N4O/c1-5-16-17-11(18(5)2)15-10(19)8-6(12)3-4-7(13)9(8)14/h3-4H,1-2H3,(H,15,17,19). The van der Waals surface area contributed by atoms with E-state index >= 15 is 0 Å². The molecule has 2 rings (SSSR count). The van der Waals surface area contributed by atoms with E-state index in [0.29, 0.717) is 18.0 Å². The first-order valence-electron chi connectivity index (χ1n) is 5.22. The quantitative estimate of drug-likeness (QED) is 0.846. The number of carbonyl (C=O) groups is 1. The fourth-order valence-corrected chi connectivity index (χ4v) is 1.42. The summed E-state index contributed by atoms with van der Waals surface area (Å²) >= 11 is 0. The topological polar surface area (TPSA) is 59.8 Å². The highest BCUT2D eigenvalue weighted by Crippen LogP contribution is 2.17. The van der Waals surface area contributed by atoms with Crippen LogP contribution >= 0.6 is 0 Å². The molecule has 1 aromatic heterocycles. The van der Waals surface area contributed by atoms with Gasteiger partial charge in [-0.3, -0.25) is 10.1 Å². The van der Waals surface area contributed by atoms with E-state index in [1.54, 1.807) is 14.0 Å². The number of benzene rings is 1. The van der Waals surface area contributed by atoms with Gasteiger partial charge in [0.1, 0.15) is 17.2 Å². The van der Waals surface area contributed by atoms with Crippen molar-refractivity contribution in [3.05, 3.63) is 41.0 Å². The highest BCUT2D eigenvalue weighted by molar-refractivity contribution is 6.03. The molecule has 0 aliphatic heterocycles. The summed E-state index contributed by atoms with van der Waals surface area (Å²) in [6.45, 7) is 1.63. The first-order chi connectivity index (χ1) is 8.91. The minimum absolute atomic E-state index is 0.00515. The summed E-state index contributed by atoms with van der Waals surface area (Å²) in [6, 6.07) is 1.28. The molecule has 0 saturated carbocycles. The first-order valence-corrected chi connectivity index (χ1v) is 5.22. The van der Waals surface area contributed by atoms with Gasteiger partial charge >= 0.3 is 0 Å². The number of anilines is 1. The maximum absolute atomic E-state index is 13.4. The van der Waals surface area contributed by atoms with Gasteiger partial charge in [-0.2, -0.15) is 0 Å². The normalized spacial score (nSPS) is 10.6. The Kier molecular flexibility index (Phi) is 3.24. The lowest BCUT2D eigenvalue weighted by atomic mass is 10.2. The summed E-state index contributed by atoms with van der Waals surface area (Å²) in [5.41, 5.74) is -0.999. The van der Waals surface area contributed by atoms with Crippen LogP contribution in [-0.2, 0) is 7.05 Å². The molecule has 1 N–H and O–H groups in total. The first kappa shape index (κ1) is 13.1. The molecule has 0 aliphatic carbocycles. The van der Waals surface area contributed by atoms with E-state index < -0.39 is 28.9 Å². The van der Waals surface area contributed by atoms with Gasteiger partial charge in [-0.05, 0) is 19.1 Å². The molecule has 0 fully saturated rings. The summed E-state index contributed by atoms with van der Waals surface area (Å²) in [5, 5.41) is 9.43. The minimum atomic E-state index is -1.55. The Morgan fingerprint density at radius 1 is 1.21 bits per heavy atom. The Morgan fingerprint density at radius 2 is 1.84 bits per heavy atom. The van der Waals surface area contributed by atoms with Crippen molar-refractivity contribution in [2.24, 2.45) is 7.05 Å². The molecule has 0 bridgehead atoms. The molecule has 0 atom stereocenters. The van der Waals surface area contributed by atoms with Crippen LogP contribution in [0.4, 0.5) is 19.1 Å². The van der Waals surface area contributed by atoms with E-state index in [2.05, 4.69) is 15.5 Å². The number of halogens is 3. The zero-order valence-electron chi connectivity index (χ0n) is 10.0. The van der Waals surface area contributed by atoms with Crippen molar-refractivity contribution in [3.63, 3.8) is 0 Å². The van der Waals surface area contributed by atoms with Crippen LogP contribution in [0.3, 0.4) is 0 Å². The van der Waals surface area contributed by atoms with Gasteiger partial charge in [-0.25, -0.2) is 13.2 Å². The molecular formula is C11H9F3N4O. The number of hydrogen-bond acceptors (Lipinski definition) is 3. The molecule has 1 amide bonds. The Morgan fingerprint density at radius 3 is 2.42 bits per heavy atom. The summed E-state index contributed by atoms with van der Waals surface area (Å²) in [4.78, 5) is 11.7. The van der Waals surface area contributed by atoms with Crippen molar-refractivity contribution in [3.8, 4) is 0 Å². The molecule has 5 nitrogen and oxygen atoms in total. The van der Waals surface area contributed by atoms with Gasteiger partial charge in [0.05, 0.1) is 0 Å². The van der Waals surface area contributed by atoms with Crippen molar-refractivity contribution in [1.29, 1.82) is 0 Å². The zero-order chi connectivity index (χ0) is 14.2. The molecule has 0 spiro atoms. The molecule has 0 radical (unpaired) electrons. The lowest BCUT2D eigenvalue weighted by Gasteiger charge is -2.07. The van der Waals surface area contributed by atoms with Crippen molar-refractivity contribution in [2.45, 2.75) is 6.92 Å². The van der Waals surface area contributed by atoms with Gasteiger partial charge in [0.2, 0.25) is 5.95 Å². The molecule has 0 unspecified atom stereocenters. The van der Waals surface area contributed by atoms with Crippen molar-refractivity contribution in [1.82, 2.24) is 14.8 Å². The summed E-state index contributed by atoms with van der Waals surface area (Å²) < 4.78 is 41.2. The number of hydrogen-bond donors (Lipinski definition) is 1. The fourth-order valence-electron chi connectivity index (χ4n) is 1.42. The van der Waals surface area contributed by atoms with E-state index in [0.717, 1.165) is 0 Å². The number of rotatable bonds is 2.